The number of hydrogen-bond donors (Lipinski definition) is 2. The molecule has 0 aromatic heterocycles. The first-order valence-corrected chi connectivity index (χ1v) is 7.57. The molecule has 0 amide bonds. The number of carbonyl (C=O) groups is 1. The summed E-state index contributed by atoms with van der Waals surface area (Å²) in [5.41, 5.74) is 0. The van der Waals surface area contributed by atoms with E-state index in [0.717, 1.165) is 0 Å². The fourth-order valence-electron chi connectivity index (χ4n) is 1.37. The van der Waals surface area contributed by atoms with Gasteiger partial charge in [-0.15, -0.1) is 0 Å². The first-order valence-electron chi connectivity index (χ1n) is 4.92. The highest BCUT2D eigenvalue weighted by atomic mass is 79.9. The van der Waals surface area contributed by atoms with Crippen LogP contribution in [0.5, 0.6) is 0 Å². The van der Waals surface area contributed by atoms with Crippen LogP contribution in [0.25, 0.3) is 0 Å². The van der Waals surface area contributed by atoms with Gasteiger partial charge in [-0.05, 0) is 35.0 Å². The predicted molar refractivity (Wildman–Crippen MR) is 71.2 cm³/mol. The van der Waals surface area contributed by atoms with Crippen LogP contribution in [0.1, 0.15) is 13.3 Å². The van der Waals surface area contributed by atoms with E-state index >= 15 is 0 Å². The number of hydrogen-bond acceptors (Lipinski definition) is 3. The molecule has 0 saturated carbocycles. The van der Waals surface area contributed by atoms with Crippen molar-refractivity contribution < 1.29 is 18.3 Å². The van der Waals surface area contributed by atoms with Crippen LogP contribution in [0.4, 0.5) is 0 Å². The molecule has 1 rings (SSSR count). The second-order valence-corrected chi connectivity index (χ2v) is 6.58. The number of aliphatic carboxylic acids is 1. The second-order valence-electron chi connectivity index (χ2n) is 3.67. The molecule has 0 aliphatic carbocycles. The highest BCUT2D eigenvalue weighted by Gasteiger charge is 2.23. The largest absolute Gasteiger partial charge is 0.481 e. The molecule has 5 nitrogen and oxygen atoms in total. The molecule has 0 radical (unpaired) electrons. The molecule has 1 atom stereocenters. The van der Waals surface area contributed by atoms with E-state index in [1.807, 2.05) is 0 Å². The molecule has 1 unspecified atom stereocenters. The molecule has 0 aliphatic rings. The van der Waals surface area contributed by atoms with E-state index in [0.29, 0.717) is 4.47 Å². The van der Waals surface area contributed by atoms with Crippen molar-refractivity contribution in [2.24, 2.45) is 0 Å². The Morgan fingerprint density at radius 1 is 1.56 bits per heavy atom. The highest BCUT2D eigenvalue weighted by Crippen LogP contribution is 2.29. The minimum atomic E-state index is -3.86. The molecular weight excluding hydrogens is 346 g/mol. The van der Waals surface area contributed by atoms with E-state index in [9.17, 15) is 13.2 Å². The summed E-state index contributed by atoms with van der Waals surface area (Å²) in [5.74, 6) is -1.08. The van der Waals surface area contributed by atoms with Gasteiger partial charge in [-0.1, -0.05) is 17.7 Å². The van der Waals surface area contributed by atoms with Gasteiger partial charge in [0.2, 0.25) is 10.0 Å². The number of halogens is 2. The highest BCUT2D eigenvalue weighted by molar-refractivity contribution is 9.10. The van der Waals surface area contributed by atoms with Crippen LogP contribution in [-0.4, -0.2) is 25.5 Å². The number of carboxylic acids is 1. The third kappa shape index (κ3) is 3.94. The van der Waals surface area contributed by atoms with Crippen molar-refractivity contribution in [2.75, 3.05) is 0 Å². The molecule has 100 valence electrons. The maximum atomic E-state index is 12.0. The van der Waals surface area contributed by atoms with Crippen LogP contribution >= 0.6 is 27.5 Å². The molecule has 2 N–H and O–H groups in total. The van der Waals surface area contributed by atoms with Gasteiger partial charge in [0.05, 0.1) is 11.4 Å². The molecule has 0 spiro atoms. The summed E-state index contributed by atoms with van der Waals surface area (Å²) in [7, 11) is -3.86. The summed E-state index contributed by atoms with van der Waals surface area (Å²) >= 11 is 8.94. The van der Waals surface area contributed by atoms with Crippen molar-refractivity contribution in [1.29, 1.82) is 0 Å². The normalized spacial score (nSPS) is 13.3. The first-order chi connectivity index (χ1) is 8.24. The molecule has 0 aliphatic heterocycles. The Morgan fingerprint density at radius 3 is 2.67 bits per heavy atom. The van der Waals surface area contributed by atoms with Crippen molar-refractivity contribution >= 4 is 43.5 Å². The lowest BCUT2D eigenvalue weighted by Gasteiger charge is -2.14. The zero-order chi connectivity index (χ0) is 13.9. The van der Waals surface area contributed by atoms with Crippen LogP contribution in [0, 0.1) is 0 Å². The number of sulfonamides is 1. The van der Waals surface area contributed by atoms with Gasteiger partial charge >= 0.3 is 5.97 Å². The van der Waals surface area contributed by atoms with Crippen LogP contribution in [0.2, 0.25) is 5.02 Å². The van der Waals surface area contributed by atoms with Crippen molar-refractivity contribution in [2.45, 2.75) is 24.3 Å². The van der Waals surface area contributed by atoms with Gasteiger partial charge < -0.3 is 5.11 Å². The number of rotatable bonds is 5. The van der Waals surface area contributed by atoms with Crippen molar-refractivity contribution in [3.63, 3.8) is 0 Å². The molecular formula is C10H11BrClNO4S. The maximum absolute atomic E-state index is 12.0. The Morgan fingerprint density at radius 2 is 2.17 bits per heavy atom. The fourth-order valence-corrected chi connectivity index (χ4v) is 4.35. The fraction of sp³-hybridized carbons (Fsp3) is 0.300. The van der Waals surface area contributed by atoms with Crippen molar-refractivity contribution in [3.8, 4) is 0 Å². The molecule has 1 aromatic carbocycles. The van der Waals surface area contributed by atoms with E-state index < -0.39 is 22.0 Å². The smallest absolute Gasteiger partial charge is 0.304 e. The Labute approximate surface area is 118 Å². The van der Waals surface area contributed by atoms with Crippen LogP contribution in [0.3, 0.4) is 0 Å². The van der Waals surface area contributed by atoms with Gasteiger partial charge in [-0.25, -0.2) is 13.1 Å². The van der Waals surface area contributed by atoms with Gasteiger partial charge in [0.1, 0.15) is 4.90 Å². The van der Waals surface area contributed by atoms with E-state index in [4.69, 9.17) is 16.7 Å². The number of nitrogens with one attached hydrogen (secondary N) is 1. The van der Waals surface area contributed by atoms with E-state index in [2.05, 4.69) is 20.7 Å². The zero-order valence-electron chi connectivity index (χ0n) is 9.35. The SMILES string of the molecule is CC(CC(=O)O)NS(=O)(=O)c1c(Cl)cccc1Br. The first kappa shape index (κ1) is 15.4. The maximum Gasteiger partial charge on any atom is 0.304 e. The molecule has 0 heterocycles. The number of benzene rings is 1. The average molecular weight is 357 g/mol. The Hall–Kier alpha value is -0.630. The summed E-state index contributed by atoms with van der Waals surface area (Å²) in [6, 6.07) is 3.87. The lowest BCUT2D eigenvalue weighted by atomic mass is 10.3. The minimum absolute atomic E-state index is 0.0689. The van der Waals surface area contributed by atoms with E-state index in [-0.39, 0.29) is 16.3 Å². The molecule has 0 fully saturated rings. The molecule has 1 aromatic rings. The topological polar surface area (TPSA) is 83.5 Å². The standard InChI is InChI=1S/C10H11BrClNO4S/c1-6(5-9(14)15)13-18(16,17)10-7(11)3-2-4-8(10)12/h2-4,6,13H,5H2,1H3,(H,14,15). The Balaban J connectivity index is 3.04. The van der Waals surface area contributed by atoms with E-state index in [1.54, 1.807) is 12.1 Å². The average Bonchev–Trinajstić information content (AvgIpc) is 2.13. The van der Waals surface area contributed by atoms with Crippen molar-refractivity contribution in [1.82, 2.24) is 4.72 Å². The summed E-state index contributed by atoms with van der Waals surface area (Å²) in [5, 5.41) is 8.66. The zero-order valence-corrected chi connectivity index (χ0v) is 12.5. The third-order valence-electron chi connectivity index (χ3n) is 2.02. The molecule has 18 heavy (non-hydrogen) atoms. The molecule has 0 saturated heterocycles. The number of carboxylic acid groups (broad SMARTS) is 1. The molecule has 8 heteroatoms. The van der Waals surface area contributed by atoms with Crippen molar-refractivity contribution in [3.05, 3.63) is 27.7 Å². The lowest BCUT2D eigenvalue weighted by molar-refractivity contribution is -0.137. The Kier molecular flexibility index (Phi) is 5.15. The second kappa shape index (κ2) is 6.01. The van der Waals surface area contributed by atoms with Crippen LogP contribution < -0.4 is 4.72 Å². The van der Waals surface area contributed by atoms with Crippen LogP contribution in [0.15, 0.2) is 27.6 Å². The summed E-state index contributed by atoms with van der Waals surface area (Å²) in [6.45, 7) is 1.47. The summed E-state index contributed by atoms with van der Waals surface area (Å²) < 4.78 is 26.7. The summed E-state index contributed by atoms with van der Waals surface area (Å²) in [4.78, 5) is 10.4. The third-order valence-corrected chi connectivity index (χ3v) is 5.07. The summed E-state index contributed by atoms with van der Waals surface area (Å²) in [6.07, 6.45) is -0.304. The Bertz CT molecular complexity index is 541. The van der Waals surface area contributed by atoms with Gasteiger partial charge in [0.15, 0.2) is 0 Å². The van der Waals surface area contributed by atoms with Gasteiger partial charge in [-0.2, -0.15) is 0 Å². The monoisotopic (exact) mass is 355 g/mol. The van der Waals surface area contributed by atoms with Gasteiger partial charge in [0.25, 0.3) is 0 Å². The van der Waals surface area contributed by atoms with Gasteiger partial charge in [-0.3, -0.25) is 4.79 Å². The molecule has 0 bridgehead atoms. The lowest BCUT2D eigenvalue weighted by Crippen LogP contribution is -2.34. The predicted octanol–water partition coefficient (Wildman–Crippen LogP) is 2.24. The minimum Gasteiger partial charge on any atom is -0.481 e. The quantitative estimate of drug-likeness (QED) is 0.847. The van der Waals surface area contributed by atoms with Crippen LogP contribution in [-0.2, 0) is 14.8 Å². The van der Waals surface area contributed by atoms with Gasteiger partial charge in [0, 0.05) is 10.5 Å². The van der Waals surface area contributed by atoms with E-state index in [1.165, 1.54) is 13.0 Å².